The number of carbonyl (C=O) groups is 2. The Morgan fingerprint density at radius 3 is 2.64 bits per heavy atom. The van der Waals surface area contributed by atoms with Gasteiger partial charge in [0, 0.05) is 5.39 Å². The van der Waals surface area contributed by atoms with E-state index in [1.165, 1.54) is 6.92 Å². The van der Waals surface area contributed by atoms with E-state index in [4.69, 9.17) is 16.3 Å². The first-order valence-corrected chi connectivity index (χ1v) is 8.36. The molecule has 1 aromatic heterocycles. The number of H-pyrrole nitrogens is 1. The number of hydrogen-bond acceptors (Lipinski definition) is 4. The van der Waals surface area contributed by atoms with Crippen LogP contribution in [0.5, 0.6) is 0 Å². The Kier molecular flexibility index (Phi) is 5.28. The average Bonchev–Trinajstić information content (AvgIpc) is 3.06. The SMILES string of the molecule is C[C@@H](OC(=O)c1n[nH]c2ccccc12)C(=O)Nc1cc(C(F)(F)F)ccc1Cl. The second kappa shape index (κ2) is 7.51. The standard InChI is InChI=1S/C18H13ClF3N3O3/c1-9(28-17(27)15-11-4-2-3-5-13(11)24-25-15)16(26)23-14-8-10(18(20,21)22)6-7-12(14)19/h2-9H,1H3,(H,23,26)(H,24,25)/t9-/m1/s1. The van der Waals surface area contributed by atoms with Crippen LogP contribution in [0.25, 0.3) is 10.9 Å². The van der Waals surface area contributed by atoms with Crippen molar-refractivity contribution in [3.63, 3.8) is 0 Å². The van der Waals surface area contributed by atoms with Gasteiger partial charge in [0.05, 0.1) is 21.8 Å². The molecule has 0 aliphatic rings. The third kappa shape index (κ3) is 4.09. The Balaban J connectivity index is 1.72. The largest absolute Gasteiger partial charge is 0.448 e. The molecule has 6 nitrogen and oxygen atoms in total. The fraction of sp³-hybridized carbons (Fsp3) is 0.167. The summed E-state index contributed by atoms with van der Waals surface area (Å²) in [7, 11) is 0. The Morgan fingerprint density at radius 1 is 1.21 bits per heavy atom. The van der Waals surface area contributed by atoms with Crippen molar-refractivity contribution < 1.29 is 27.5 Å². The molecule has 28 heavy (non-hydrogen) atoms. The van der Waals surface area contributed by atoms with E-state index in [1.807, 2.05) is 0 Å². The van der Waals surface area contributed by atoms with Gasteiger partial charge < -0.3 is 10.1 Å². The van der Waals surface area contributed by atoms with Crippen LogP contribution in [0, 0.1) is 0 Å². The quantitative estimate of drug-likeness (QED) is 0.622. The number of hydrogen-bond donors (Lipinski definition) is 2. The number of alkyl halides is 3. The normalized spacial score (nSPS) is 12.6. The molecule has 0 spiro atoms. The molecule has 2 N–H and O–H groups in total. The van der Waals surface area contributed by atoms with E-state index in [2.05, 4.69) is 15.5 Å². The van der Waals surface area contributed by atoms with E-state index < -0.39 is 29.7 Å². The minimum Gasteiger partial charge on any atom is -0.448 e. The lowest BCUT2D eigenvalue weighted by Gasteiger charge is -2.15. The summed E-state index contributed by atoms with van der Waals surface area (Å²) < 4.78 is 43.5. The number of aromatic amines is 1. The van der Waals surface area contributed by atoms with Gasteiger partial charge in [-0.15, -0.1) is 0 Å². The smallest absolute Gasteiger partial charge is 0.416 e. The van der Waals surface area contributed by atoms with Crippen LogP contribution in [0.2, 0.25) is 5.02 Å². The molecule has 1 atom stereocenters. The lowest BCUT2D eigenvalue weighted by molar-refractivity contribution is -0.137. The van der Waals surface area contributed by atoms with E-state index in [0.717, 1.165) is 12.1 Å². The molecule has 3 rings (SSSR count). The maximum Gasteiger partial charge on any atom is 0.416 e. The highest BCUT2D eigenvalue weighted by Gasteiger charge is 2.31. The van der Waals surface area contributed by atoms with Gasteiger partial charge >= 0.3 is 12.1 Å². The molecule has 0 aliphatic heterocycles. The molecule has 0 fully saturated rings. The van der Waals surface area contributed by atoms with Crippen molar-refractivity contribution in [3.8, 4) is 0 Å². The number of nitrogens with zero attached hydrogens (tertiary/aromatic N) is 1. The lowest BCUT2D eigenvalue weighted by atomic mass is 10.2. The highest BCUT2D eigenvalue weighted by atomic mass is 35.5. The third-order valence-electron chi connectivity index (χ3n) is 3.87. The van der Waals surface area contributed by atoms with Gasteiger partial charge in [-0.25, -0.2) is 4.79 Å². The Labute approximate surface area is 161 Å². The summed E-state index contributed by atoms with van der Waals surface area (Å²) >= 11 is 5.84. The predicted octanol–water partition coefficient (Wildman–Crippen LogP) is 4.42. The summed E-state index contributed by atoms with van der Waals surface area (Å²) in [6.07, 6.45) is -5.89. The highest BCUT2D eigenvalue weighted by Crippen LogP contribution is 2.33. The van der Waals surface area contributed by atoms with E-state index in [0.29, 0.717) is 17.0 Å². The molecule has 0 radical (unpaired) electrons. The molecule has 0 saturated carbocycles. The van der Waals surface area contributed by atoms with Gasteiger partial charge in [0.15, 0.2) is 11.8 Å². The number of aromatic nitrogens is 2. The van der Waals surface area contributed by atoms with Gasteiger partial charge in [-0.05, 0) is 31.2 Å². The zero-order valence-corrected chi connectivity index (χ0v) is 15.1. The number of esters is 1. The number of amides is 1. The maximum absolute atomic E-state index is 12.8. The molecular formula is C18H13ClF3N3O3. The molecule has 0 unspecified atom stereocenters. The summed E-state index contributed by atoms with van der Waals surface area (Å²) in [6, 6.07) is 9.35. The van der Waals surface area contributed by atoms with Crippen LogP contribution in [0.3, 0.4) is 0 Å². The second-order valence-electron chi connectivity index (χ2n) is 5.85. The molecule has 1 amide bonds. The summed E-state index contributed by atoms with van der Waals surface area (Å²) in [5, 5.41) is 9.19. The fourth-order valence-corrected chi connectivity index (χ4v) is 2.59. The average molecular weight is 412 g/mol. The molecule has 1 heterocycles. The van der Waals surface area contributed by atoms with Gasteiger partial charge in [0.2, 0.25) is 0 Å². The van der Waals surface area contributed by atoms with E-state index in [9.17, 15) is 22.8 Å². The van der Waals surface area contributed by atoms with Crippen LogP contribution >= 0.6 is 11.6 Å². The van der Waals surface area contributed by atoms with Crippen LogP contribution in [0.1, 0.15) is 23.0 Å². The Morgan fingerprint density at radius 2 is 1.93 bits per heavy atom. The molecular weight excluding hydrogens is 399 g/mol. The van der Waals surface area contributed by atoms with Crippen LogP contribution in [0.15, 0.2) is 42.5 Å². The van der Waals surface area contributed by atoms with E-state index >= 15 is 0 Å². The number of halogens is 4. The van der Waals surface area contributed by atoms with Crippen LogP contribution in [-0.4, -0.2) is 28.2 Å². The molecule has 146 valence electrons. The molecule has 10 heteroatoms. The molecule has 0 saturated heterocycles. The zero-order valence-electron chi connectivity index (χ0n) is 14.3. The number of nitrogens with one attached hydrogen (secondary N) is 2. The van der Waals surface area contributed by atoms with Gasteiger partial charge in [0.1, 0.15) is 0 Å². The van der Waals surface area contributed by atoms with Gasteiger partial charge in [-0.2, -0.15) is 18.3 Å². The topological polar surface area (TPSA) is 84.1 Å². The van der Waals surface area contributed by atoms with Crippen molar-refractivity contribution in [1.29, 1.82) is 0 Å². The summed E-state index contributed by atoms with van der Waals surface area (Å²) in [5.74, 6) is -1.69. The summed E-state index contributed by atoms with van der Waals surface area (Å²) in [6.45, 7) is 1.28. The van der Waals surface area contributed by atoms with Crippen molar-refractivity contribution in [2.75, 3.05) is 5.32 Å². The van der Waals surface area contributed by atoms with Crippen molar-refractivity contribution in [2.45, 2.75) is 19.2 Å². The van der Waals surface area contributed by atoms with E-state index in [1.54, 1.807) is 24.3 Å². The minimum absolute atomic E-state index is 0.00708. The molecule has 2 aromatic carbocycles. The second-order valence-corrected chi connectivity index (χ2v) is 6.25. The number of anilines is 1. The minimum atomic E-state index is -4.59. The van der Waals surface area contributed by atoms with Crippen LogP contribution < -0.4 is 5.32 Å². The van der Waals surface area contributed by atoms with Crippen molar-refractivity contribution in [1.82, 2.24) is 10.2 Å². The fourth-order valence-electron chi connectivity index (χ4n) is 2.42. The third-order valence-corrected chi connectivity index (χ3v) is 4.20. The monoisotopic (exact) mass is 411 g/mol. The van der Waals surface area contributed by atoms with Crippen molar-refractivity contribution in [2.24, 2.45) is 0 Å². The van der Waals surface area contributed by atoms with Gasteiger partial charge in [-0.3, -0.25) is 9.89 Å². The number of carbonyl (C=O) groups excluding carboxylic acids is 2. The first kappa shape index (κ1) is 19.7. The predicted molar refractivity (Wildman–Crippen MR) is 96.1 cm³/mol. The summed E-state index contributed by atoms with van der Waals surface area (Å²) in [4.78, 5) is 24.5. The zero-order chi connectivity index (χ0) is 20.5. The number of ether oxygens (including phenoxy) is 1. The van der Waals surface area contributed by atoms with E-state index in [-0.39, 0.29) is 16.4 Å². The number of benzene rings is 2. The number of fused-ring (bicyclic) bond motifs is 1. The van der Waals surface area contributed by atoms with Crippen LogP contribution in [-0.2, 0) is 15.7 Å². The Hall–Kier alpha value is -3.07. The Bertz CT molecular complexity index is 1050. The molecule has 0 aliphatic carbocycles. The van der Waals surface area contributed by atoms with Gasteiger partial charge in [0.25, 0.3) is 5.91 Å². The number of para-hydroxylation sites is 1. The first-order chi connectivity index (χ1) is 13.2. The first-order valence-electron chi connectivity index (χ1n) is 7.98. The lowest BCUT2D eigenvalue weighted by Crippen LogP contribution is -2.30. The maximum atomic E-state index is 12.8. The molecule has 3 aromatic rings. The van der Waals surface area contributed by atoms with Crippen molar-refractivity contribution in [3.05, 3.63) is 58.7 Å². The van der Waals surface area contributed by atoms with Gasteiger partial charge in [-0.1, -0.05) is 29.8 Å². The number of rotatable bonds is 4. The van der Waals surface area contributed by atoms with Crippen molar-refractivity contribution >= 4 is 40.1 Å². The summed E-state index contributed by atoms with van der Waals surface area (Å²) in [5.41, 5.74) is -0.607. The molecule has 0 bridgehead atoms. The highest BCUT2D eigenvalue weighted by molar-refractivity contribution is 6.33. The van der Waals surface area contributed by atoms with Crippen LogP contribution in [0.4, 0.5) is 18.9 Å².